The van der Waals surface area contributed by atoms with E-state index in [-0.39, 0.29) is 24.8 Å². The van der Waals surface area contributed by atoms with E-state index < -0.39 is 0 Å². The summed E-state index contributed by atoms with van der Waals surface area (Å²) >= 11 is 5.71. The molecule has 0 aromatic heterocycles. The van der Waals surface area contributed by atoms with E-state index in [1.807, 2.05) is 0 Å². The summed E-state index contributed by atoms with van der Waals surface area (Å²) in [5, 5.41) is 3.03. The van der Waals surface area contributed by atoms with Crippen LogP contribution in [0.5, 0.6) is 0 Å². The van der Waals surface area contributed by atoms with Crippen LogP contribution in [0.4, 0.5) is 5.69 Å². The number of carbonyl (C=O) groups excluding carboxylic acids is 2. The summed E-state index contributed by atoms with van der Waals surface area (Å²) in [6.07, 6.45) is 0.121. The average Bonchev–Trinajstić information content (AvgIpc) is 2.28. The molecule has 0 aliphatic heterocycles. The maximum atomic E-state index is 11.7. The van der Waals surface area contributed by atoms with Gasteiger partial charge < -0.3 is 15.8 Å². The molecule has 0 radical (unpaired) electrons. The monoisotopic (exact) mass is 256 g/mol. The van der Waals surface area contributed by atoms with Crippen LogP contribution < -0.4 is 11.1 Å². The van der Waals surface area contributed by atoms with Crippen molar-refractivity contribution in [1.29, 1.82) is 0 Å². The lowest BCUT2D eigenvalue weighted by Gasteiger charge is -2.07. The Morgan fingerprint density at radius 2 is 2.18 bits per heavy atom. The molecule has 1 amide bonds. The summed E-state index contributed by atoms with van der Waals surface area (Å²) in [6, 6.07) is 4.61. The molecule has 17 heavy (non-hydrogen) atoms. The van der Waals surface area contributed by atoms with E-state index >= 15 is 0 Å². The molecule has 0 heterocycles. The van der Waals surface area contributed by atoms with E-state index in [9.17, 15) is 9.59 Å². The van der Waals surface area contributed by atoms with Crippen LogP contribution in [0.25, 0.3) is 0 Å². The van der Waals surface area contributed by atoms with Crippen LogP contribution in [0.3, 0.4) is 0 Å². The molecule has 92 valence electrons. The Morgan fingerprint density at radius 3 is 2.76 bits per heavy atom. The lowest BCUT2D eigenvalue weighted by atomic mass is 10.1. The van der Waals surface area contributed by atoms with Gasteiger partial charge in [0.25, 0.3) is 5.91 Å². The average molecular weight is 257 g/mol. The third kappa shape index (κ3) is 3.96. The number of halogens is 1. The number of anilines is 1. The van der Waals surface area contributed by atoms with Crippen molar-refractivity contribution < 1.29 is 14.3 Å². The maximum absolute atomic E-state index is 11.7. The van der Waals surface area contributed by atoms with Crippen molar-refractivity contribution in [2.24, 2.45) is 0 Å². The van der Waals surface area contributed by atoms with Crippen LogP contribution in [0, 0.1) is 0 Å². The van der Waals surface area contributed by atoms with E-state index in [2.05, 4.69) is 10.1 Å². The van der Waals surface area contributed by atoms with Crippen molar-refractivity contribution in [2.75, 3.05) is 19.4 Å². The standard InChI is InChI=1S/C11H13ClN2O3/c1-17-10(15)4-5-14-11(16)8-3-2-7(12)6-9(8)13/h2-3,6H,4-5,13H2,1H3,(H,14,16). The quantitative estimate of drug-likeness (QED) is 0.627. The van der Waals surface area contributed by atoms with Gasteiger partial charge in [-0.15, -0.1) is 0 Å². The lowest BCUT2D eigenvalue weighted by molar-refractivity contribution is -0.140. The van der Waals surface area contributed by atoms with Crippen molar-refractivity contribution in [3.8, 4) is 0 Å². The van der Waals surface area contributed by atoms with E-state index in [0.717, 1.165) is 0 Å². The number of rotatable bonds is 4. The zero-order chi connectivity index (χ0) is 12.8. The van der Waals surface area contributed by atoms with Crippen LogP contribution in [-0.2, 0) is 9.53 Å². The van der Waals surface area contributed by atoms with Crippen LogP contribution in [0.15, 0.2) is 18.2 Å². The van der Waals surface area contributed by atoms with Gasteiger partial charge in [-0.25, -0.2) is 0 Å². The summed E-state index contributed by atoms with van der Waals surface area (Å²) in [5.74, 6) is -0.725. The number of ether oxygens (including phenoxy) is 1. The molecule has 1 aromatic carbocycles. The molecule has 1 aromatic rings. The van der Waals surface area contributed by atoms with Crippen LogP contribution in [0.1, 0.15) is 16.8 Å². The van der Waals surface area contributed by atoms with Crippen molar-refractivity contribution in [3.63, 3.8) is 0 Å². The van der Waals surface area contributed by atoms with Gasteiger partial charge in [0, 0.05) is 17.3 Å². The molecular weight excluding hydrogens is 244 g/mol. The Morgan fingerprint density at radius 1 is 1.47 bits per heavy atom. The van der Waals surface area contributed by atoms with Gasteiger partial charge in [-0.3, -0.25) is 9.59 Å². The number of hydrogen-bond donors (Lipinski definition) is 2. The topological polar surface area (TPSA) is 81.4 Å². The molecule has 0 spiro atoms. The Labute approximate surface area is 104 Å². The molecule has 0 atom stereocenters. The third-order valence-corrected chi connectivity index (χ3v) is 2.34. The summed E-state index contributed by atoms with van der Waals surface area (Å²) in [7, 11) is 1.29. The predicted molar refractivity (Wildman–Crippen MR) is 64.8 cm³/mol. The molecule has 0 saturated carbocycles. The predicted octanol–water partition coefficient (Wildman–Crippen LogP) is 1.22. The molecule has 0 aliphatic carbocycles. The molecule has 0 unspecified atom stereocenters. The fourth-order valence-corrected chi connectivity index (χ4v) is 1.40. The van der Waals surface area contributed by atoms with Gasteiger partial charge in [-0.1, -0.05) is 11.6 Å². The Kier molecular flexibility index (Phi) is 4.78. The number of nitrogens with one attached hydrogen (secondary N) is 1. The second kappa shape index (κ2) is 6.10. The largest absolute Gasteiger partial charge is 0.469 e. The van der Waals surface area contributed by atoms with Crippen LogP contribution in [-0.4, -0.2) is 25.5 Å². The third-order valence-electron chi connectivity index (χ3n) is 2.10. The van der Waals surface area contributed by atoms with E-state index in [1.54, 1.807) is 6.07 Å². The van der Waals surface area contributed by atoms with Gasteiger partial charge in [0.05, 0.1) is 19.1 Å². The second-order valence-electron chi connectivity index (χ2n) is 3.31. The fraction of sp³-hybridized carbons (Fsp3) is 0.273. The van der Waals surface area contributed by atoms with Crippen LogP contribution >= 0.6 is 11.6 Å². The fourth-order valence-electron chi connectivity index (χ4n) is 1.22. The smallest absolute Gasteiger partial charge is 0.307 e. The van der Waals surface area contributed by atoms with Gasteiger partial charge in [0.15, 0.2) is 0 Å². The highest BCUT2D eigenvalue weighted by molar-refractivity contribution is 6.31. The summed E-state index contributed by atoms with van der Waals surface area (Å²) in [6.45, 7) is 0.202. The number of methoxy groups -OCH3 is 1. The van der Waals surface area contributed by atoms with E-state index in [0.29, 0.717) is 16.3 Å². The SMILES string of the molecule is COC(=O)CCNC(=O)c1ccc(Cl)cc1N. The van der Waals surface area contributed by atoms with Gasteiger partial charge in [-0.05, 0) is 18.2 Å². The molecule has 3 N–H and O–H groups in total. The van der Waals surface area contributed by atoms with Gasteiger partial charge in [0.2, 0.25) is 0 Å². The second-order valence-corrected chi connectivity index (χ2v) is 3.75. The maximum Gasteiger partial charge on any atom is 0.307 e. The molecule has 0 bridgehead atoms. The number of hydrogen-bond acceptors (Lipinski definition) is 4. The van der Waals surface area contributed by atoms with E-state index in [4.69, 9.17) is 17.3 Å². The van der Waals surface area contributed by atoms with Crippen molar-refractivity contribution in [2.45, 2.75) is 6.42 Å². The molecule has 5 nitrogen and oxygen atoms in total. The number of carbonyl (C=O) groups is 2. The van der Waals surface area contributed by atoms with Crippen molar-refractivity contribution >= 4 is 29.2 Å². The summed E-state index contributed by atoms with van der Waals surface area (Å²) < 4.78 is 4.44. The minimum absolute atomic E-state index is 0.121. The number of esters is 1. The molecule has 0 saturated heterocycles. The van der Waals surface area contributed by atoms with E-state index in [1.165, 1.54) is 19.2 Å². The Balaban J connectivity index is 2.55. The number of benzene rings is 1. The summed E-state index contributed by atoms with van der Waals surface area (Å²) in [5.41, 5.74) is 6.27. The number of nitrogen functional groups attached to an aromatic ring is 1. The minimum atomic E-state index is -0.380. The van der Waals surface area contributed by atoms with Gasteiger partial charge in [0.1, 0.15) is 0 Å². The summed E-state index contributed by atoms with van der Waals surface area (Å²) in [4.78, 5) is 22.5. The molecule has 6 heteroatoms. The molecule has 0 aliphatic rings. The first-order valence-corrected chi connectivity index (χ1v) is 5.32. The first kappa shape index (κ1) is 13.3. The minimum Gasteiger partial charge on any atom is -0.469 e. The highest BCUT2D eigenvalue weighted by Crippen LogP contribution is 2.17. The normalized spacial score (nSPS) is 9.76. The lowest BCUT2D eigenvalue weighted by Crippen LogP contribution is -2.27. The van der Waals surface area contributed by atoms with Crippen molar-refractivity contribution in [1.82, 2.24) is 5.32 Å². The first-order valence-electron chi connectivity index (χ1n) is 4.94. The Hall–Kier alpha value is -1.75. The zero-order valence-corrected chi connectivity index (χ0v) is 10.1. The highest BCUT2D eigenvalue weighted by Gasteiger charge is 2.10. The van der Waals surface area contributed by atoms with Gasteiger partial charge >= 0.3 is 5.97 Å². The van der Waals surface area contributed by atoms with Crippen molar-refractivity contribution in [3.05, 3.63) is 28.8 Å². The molecule has 1 rings (SSSR count). The first-order chi connectivity index (χ1) is 8.04. The molecule has 0 fully saturated rings. The van der Waals surface area contributed by atoms with Gasteiger partial charge in [-0.2, -0.15) is 0 Å². The number of amides is 1. The zero-order valence-electron chi connectivity index (χ0n) is 9.33. The van der Waals surface area contributed by atoms with Crippen LogP contribution in [0.2, 0.25) is 5.02 Å². The Bertz CT molecular complexity index is 435. The molecular formula is C11H13ClN2O3. The number of nitrogens with two attached hydrogens (primary N) is 1. The highest BCUT2D eigenvalue weighted by atomic mass is 35.5.